The third kappa shape index (κ3) is 5.33. The first kappa shape index (κ1) is 22.6. The lowest BCUT2D eigenvalue weighted by Crippen LogP contribution is -2.36. The van der Waals surface area contributed by atoms with Crippen molar-refractivity contribution in [3.05, 3.63) is 58.4 Å². The van der Waals surface area contributed by atoms with Crippen LogP contribution in [-0.2, 0) is 11.3 Å². The summed E-state index contributed by atoms with van der Waals surface area (Å²) in [6.07, 6.45) is 0. The molecule has 0 aromatic heterocycles. The van der Waals surface area contributed by atoms with Gasteiger partial charge in [-0.2, -0.15) is 0 Å². The highest BCUT2D eigenvalue weighted by atomic mass is 35.5. The Morgan fingerprint density at radius 3 is 2.70 bits per heavy atom. The third-order valence-electron chi connectivity index (χ3n) is 5.12. The van der Waals surface area contributed by atoms with Gasteiger partial charge in [0.05, 0.1) is 18.0 Å². The second kappa shape index (κ2) is 10.3. The number of likely N-dealkylation sites (N-methyl/N-ethyl adjacent to an activating group) is 1. The van der Waals surface area contributed by atoms with E-state index in [0.717, 1.165) is 24.5 Å². The summed E-state index contributed by atoms with van der Waals surface area (Å²) in [6.45, 7) is 7.61. The number of anilines is 1. The van der Waals surface area contributed by atoms with E-state index >= 15 is 0 Å². The Labute approximate surface area is 185 Å². The summed E-state index contributed by atoms with van der Waals surface area (Å²) in [6, 6.07) is 9.52. The van der Waals surface area contributed by atoms with Crippen LogP contribution < -0.4 is 10.2 Å². The first-order chi connectivity index (χ1) is 14.4. The van der Waals surface area contributed by atoms with E-state index in [4.69, 9.17) is 11.6 Å². The number of rotatable bonds is 8. The van der Waals surface area contributed by atoms with Crippen LogP contribution in [0.5, 0.6) is 0 Å². The monoisotopic (exact) mass is 449 g/mol. The van der Waals surface area contributed by atoms with Crippen LogP contribution in [0.1, 0.15) is 29.8 Å². The number of benzene rings is 2. The zero-order chi connectivity index (χ0) is 21.7. The van der Waals surface area contributed by atoms with Gasteiger partial charge in [0.2, 0.25) is 5.91 Å². The fourth-order valence-electron chi connectivity index (χ4n) is 3.31. The molecular weight excluding hydrogens is 425 g/mol. The van der Waals surface area contributed by atoms with Crippen LogP contribution in [0.25, 0.3) is 0 Å². The lowest BCUT2D eigenvalue weighted by Gasteiger charge is -2.29. The van der Waals surface area contributed by atoms with Gasteiger partial charge in [-0.3, -0.25) is 9.59 Å². The Morgan fingerprint density at radius 1 is 1.23 bits per heavy atom. The van der Waals surface area contributed by atoms with Gasteiger partial charge in [0.25, 0.3) is 5.91 Å². The first-order valence-electron chi connectivity index (χ1n) is 9.94. The highest BCUT2D eigenvalue weighted by molar-refractivity contribution is 8.00. The van der Waals surface area contributed by atoms with Gasteiger partial charge in [-0.25, -0.2) is 4.39 Å². The zero-order valence-corrected chi connectivity index (χ0v) is 18.7. The first-order valence-corrected chi connectivity index (χ1v) is 11.3. The summed E-state index contributed by atoms with van der Waals surface area (Å²) in [7, 11) is 0. The van der Waals surface area contributed by atoms with Crippen molar-refractivity contribution < 1.29 is 14.0 Å². The minimum atomic E-state index is -0.423. The highest BCUT2D eigenvalue weighted by Gasteiger charge is 2.26. The molecule has 8 heteroatoms. The molecule has 1 N–H and O–H groups in total. The van der Waals surface area contributed by atoms with E-state index in [1.165, 1.54) is 23.9 Å². The standard InChI is InChI=1S/C22H25ClFN3O2S/c1-3-26(4-2)10-9-25-22(29)15-6-8-20-19(11-15)27(21(28)14-30-20)13-16-5-7-17(24)12-18(16)23/h5-8,11-12H,3-4,9-10,13-14H2,1-2H3,(H,25,29). The zero-order valence-electron chi connectivity index (χ0n) is 17.1. The summed E-state index contributed by atoms with van der Waals surface area (Å²) in [5.74, 6) is -0.366. The van der Waals surface area contributed by atoms with Crippen LogP contribution in [0.2, 0.25) is 5.02 Å². The number of nitrogens with zero attached hydrogens (tertiary/aromatic N) is 2. The molecule has 0 saturated heterocycles. The maximum Gasteiger partial charge on any atom is 0.251 e. The molecule has 1 aliphatic heterocycles. The summed E-state index contributed by atoms with van der Waals surface area (Å²) >= 11 is 7.60. The molecule has 0 atom stereocenters. The van der Waals surface area contributed by atoms with Crippen molar-refractivity contribution in [3.8, 4) is 0 Å². The molecular formula is C22H25ClFN3O2S. The van der Waals surface area contributed by atoms with Gasteiger partial charge in [-0.05, 0) is 49.0 Å². The van der Waals surface area contributed by atoms with Crippen LogP contribution in [0.4, 0.5) is 10.1 Å². The molecule has 0 spiro atoms. The quantitative estimate of drug-likeness (QED) is 0.656. The molecule has 30 heavy (non-hydrogen) atoms. The molecule has 3 rings (SSSR count). The highest BCUT2D eigenvalue weighted by Crippen LogP contribution is 2.37. The topological polar surface area (TPSA) is 52.7 Å². The Bertz CT molecular complexity index is 937. The van der Waals surface area contributed by atoms with Crippen LogP contribution >= 0.6 is 23.4 Å². The van der Waals surface area contributed by atoms with E-state index < -0.39 is 5.82 Å². The molecule has 0 fully saturated rings. The Balaban J connectivity index is 1.78. The van der Waals surface area contributed by atoms with Crippen LogP contribution in [0, 0.1) is 5.82 Å². The van der Waals surface area contributed by atoms with E-state index in [9.17, 15) is 14.0 Å². The summed E-state index contributed by atoms with van der Waals surface area (Å²) in [5, 5.41) is 3.21. The molecule has 1 aliphatic rings. The smallest absolute Gasteiger partial charge is 0.251 e. The van der Waals surface area contributed by atoms with Crippen molar-refractivity contribution in [1.29, 1.82) is 0 Å². The number of nitrogens with one attached hydrogen (secondary N) is 1. The number of hydrogen-bond acceptors (Lipinski definition) is 4. The van der Waals surface area contributed by atoms with Crippen LogP contribution in [-0.4, -0.2) is 48.6 Å². The second-order valence-corrected chi connectivity index (χ2v) is 8.39. The maximum absolute atomic E-state index is 13.4. The number of hydrogen-bond donors (Lipinski definition) is 1. The fraction of sp³-hybridized carbons (Fsp3) is 0.364. The number of halogens is 2. The molecule has 2 amide bonds. The average molecular weight is 450 g/mol. The summed E-state index contributed by atoms with van der Waals surface area (Å²) in [5.41, 5.74) is 1.82. The van der Waals surface area contributed by atoms with Crippen molar-refractivity contribution in [3.63, 3.8) is 0 Å². The van der Waals surface area contributed by atoms with E-state index in [-0.39, 0.29) is 23.4 Å². The van der Waals surface area contributed by atoms with Crippen molar-refractivity contribution in [1.82, 2.24) is 10.2 Å². The van der Waals surface area contributed by atoms with Crippen molar-refractivity contribution in [2.75, 3.05) is 36.8 Å². The lowest BCUT2D eigenvalue weighted by atomic mass is 10.1. The summed E-state index contributed by atoms with van der Waals surface area (Å²) < 4.78 is 13.4. The number of carbonyl (C=O) groups is 2. The minimum absolute atomic E-state index is 0.0769. The van der Waals surface area contributed by atoms with Gasteiger partial charge in [0.15, 0.2) is 0 Å². The molecule has 2 aromatic rings. The van der Waals surface area contributed by atoms with Crippen molar-refractivity contribution in [2.24, 2.45) is 0 Å². The van der Waals surface area contributed by atoms with E-state index in [2.05, 4.69) is 24.1 Å². The number of fused-ring (bicyclic) bond motifs is 1. The van der Waals surface area contributed by atoms with Gasteiger partial charge in [-0.15, -0.1) is 11.8 Å². The molecule has 1 heterocycles. The number of thioether (sulfide) groups is 1. The average Bonchev–Trinajstić information content (AvgIpc) is 2.74. The fourth-order valence-corrected chi connectivity index (χ4v) is 4.45. The molecule has 0 unspecified atom stereocenters. The lowest BCUT2D eigenvalue weighted by molar-refractivity contribution is -0.116. The van der Waals surface area contributed by atoms with Gasteiger partial charge in [0, 0.05) is 28.6 Å². The predicted octanol–water partition coefficient (Wildman–Crippen LogP) is 4.19. The van der Waals surface area contributed by atoms with Gasteiger partial charge < -0.3 is 15.1 Å². The van der Waals surface area contributed by atoms with Crippen molar-refractivity contribution in [2.45, 2.75) is 25.3 Å². The molecule has 160 valence electrons. The SMILES string of the molecule is CCN(CC)CCNC(=O)c1ccc2c(c1)N(Cc1ccc(F)cc1Cl)C(=O)CS2. The van der Waals surface area contributed by atoms with Gasteiger partial charge in [-0.1, -0.05) is 31.5 Å². The third-order valence-corrected chi connectivity index (χ3v) is 6.52. The van der Waals surface area contributed by atoms with Crippen LogP contribution in [0.3, 0.4) is 0 Å². The van der Waals surface area contributed by atoms with E-state index in [1.807, 2.05) is 6.07 Å². The van der Waals surface area contributed by atoms with Crippen LogP contribution in [0.15, 0.2) is 41.3 Å². The van der Waals surface area contributed by atoms with Gasteiger partial charge in [0.1, 0.15) is 5.82 Å². The van der Waals surface area contributed by atoms with E-state index in [1.54, 1.807) is 23.1 Å². The molecule has 5 nitrogen and oxygen atoms in total. The van der Waals surface area contributed by atoms with E-state index in [0.29, 0.717) is 29.1 Å². The minimum Gasteiger partial charge on any atom is -0.351 e. The largest absolute Gasteiger partial charge is 0.351 e. The Kier molecular flexibility index (Phi) is 7.75. The number of amides is 2. The summed E-state index contributed by atoms with van der Waals surface area (Å²) in [4.78, 5) is 30.0. The predicted molar refractivity (Wildman–Crippen MR) is 120 cm³/mol. The molecule has 0 saturated carbocycles. The molecule has 2 aromatic carbocycles. The molecule has 0 aliphatic carbocycles. The molecule has 0 bridgehead atoms. The number of carbonyl (C=O) groups excluding carboxylic acids is 2. The second-order valence-electron chi connectivity index (χ2n) is 6.97. The van der Waals surface area contributed by atoms with Gasteiger partial charge >= 0.3 is 0 Å². The maximum atomic E-state index is 13.4. The normalized spacial score (nSPS) is 13.5. The van der Waals surface area contributed by atoms with Crippen molar-refractivity contribution >= 4 is 40.9 Å². The Morgan fingerprint density at radius 2 is 2.00 bits per heavy atom. The Hall–Kier alpha value is -2.09. The molecule has 0 radical (unpaired) electrons.